The summed E-state index contributed by atoms with van der Waals surface area (Å²) < 4.78 is 36.7. The van der Waals surface area contributed by atoms with E-state index in [9.17, 15) is 13.2 Å². The van der Waals surface area contributed by atoms with Gasteiger partial charge in [-0.1, -0.05) is 11.3 Å². The zero-order valence-corrected chi connectivity index (χ0v) is 20.2. The first-order valence-electron chi connectivity index (χ1n) is 10.00. The van der Waals surface area contributed by atoms with Gasteiger partial charge >= 0.3 is 0 Å². The number of aromatic nitrogens is 1. The molecule has 172 valence electrons. The highest BCUT2D eigenvalue weighted by atomic mass is 32.2. The SMILES string of the molecule is COc1ccc(S(=O)(=O)CCC(=O)N(CCN(C)C)c2nc3ccc(OC)cc3s2)cc1. The predicted octanol–water partition coefficient (Wildman–Crippen LogP) is 3.07. The van der Waals surface area contributed by atoms with Crippen molar-refractivity contribution in [1.29, 1.82) is 0 Å². The van der Waals surface area contributed by atoms with E-state index in [1.165, 1.54) is 30.6 Å². The average Bonchev–Trinajstić information content (AvgIpc) is 3.20. The van der Waals surface area contributed by atoms with Gasteiger partial charge in [0.05, 0.1) is 35.1 Å². The van der Waals surface area contributed by atoms with Crippen molar-refractivity contribution < 1.29 is 22.7 Å². The van der Waals surface area contributed by atoms with Crippen LogP contribution in [0.25, 0.3) is 10.2 Å². The number of methoxy groups -OCH3 is 2. The molecule has 2 aromatic carbocycles. The first kappa shape index (κ1) is 24.0. The fourth-order valence-electron chi connectivity index (χ4n) is 3.02. The van der Waals surface area contributed by atoms with Gasteiger partial charge in [-0.25, -0.2) is 13.4 Å². The average molecular weight is 478 g/mol. The molecule has 3 rings (SSSR count). The fraction of sp³-hybridized carbons (Fsp3) is 0.364. The second-order valence-corrected chi connectivity index (χ2v) is 10.5. The predicted molar refractivity (Wildman–Crippen MR) is 127 cm³/mol. The third kappa shape index (κ3) is 5.76. The van der Waals surface area contributed by atoms with Crippen molar-refractivity contribution in [1.82, 2.24) is 9.88 Å². The van der Waals surface area contributed by atoms with Gasteiger partial charge in [0.25, 0.3) is 0 Å². The normalized spacial score (nSPS) is 11.7. The number of likely N-dealkylation sites (N-methyl/N-ethyl adjacent to an activating group) is 1. The molecule has 1 amide bonds. The summed E-state index contributed by atoms with van der Waals surface area (Å²) >= 11 is 1.38. The van der Waals surface area contributed by atoms with Gasteiger partial charge in [0, 0.05) is 19.5 Å². The van der Waals surface area contributed by atoms with Crippen LogP contribution in [0.5, 0.6) is 11.5 Å². The molecular formula is C22H27N3O5S2. The van der Waals surface area contributed by atoms with Crippen molar-refractivity contribution in [3.63, 3.8) is 0 Å². The van der Waals surface area contributed by atoms with Gasteiger partial charge in [0.1, 0.15) is 11.5 Å². The molecule has 0 unspecified atom stereocenters. The third-order valence-electron chi connectivity index (χ3n) is 4.89. The van der Waals surface area contributed by atoms with Crippen molar-refractivity contribution in [2.45, 2.75) is 11.3 Å². The molecule has 1 aromatic heterocycles. The highest BCUT2D eigenvalue weighted by Crippen LogP contribution is 2.32. The number of hydrogen-bond donors (Lipinski definition) is 0. The van der Waals surface area contributed by atoms with Crippen LogP contribution in [-0.4, -0.2) is 71.4 Å². The van der Waals surface area contributed by atoms with Crippen LogP contribution in [0.1, 0.15) is 6.42 Å². The minimum absolute atomic E-state index is 0.138. The van der Waals surface area contributed by atoms with Crippen molar-refractivity contribution in [3.8, 4) is 11.5 Å². The highest BCUT2D eigenvalue weighted by Gasteiger charge is 2.23. The van der Waals surface area contributed by atoms with E-state index in [4.69, 9.17) is 9.47 Å². The minimum atomic E-state index is -3.61. The van der Waals surface area contributed by atoms with Gasteiger partial charge in [-0.2, -0.15) is 0 Å². The number of sulfone groups is 1. The number of carbonyl (C=O) groups excluding carboxylic acids is 1. The Labute approximate surface area is 192 Å². The zero-order chi connectivity index (χ0) is 23.3. The standard InChI is InChI=1S/C22H27N3O5S2/c1-24(2)12-13-25(22-23-19-10-7-17(30-4)15-20(19)31-22)21(26)11-14-32(27,28)18-8-5-16(29-3)6-9-18/h5-10,15H,11-14H2,1-4H3. The smallest absolute Gasteiger partial charge is 0.229 e. The molecule has 0 saturated carbocycles. The molecular weight excluding hydrogens is 450 g/mol. The number of anilines is 1. The number of benzene rings is 2. The maximum absolute atomic E-state index is 13.1. The number of hydrogen-bond acceptors (Lipinski definition) is 8. The van der Waals surface area contributed by atoms with Crippen molar-refractivity contribution >= 4 is 42.4 Å². The molecule has 10 heteroatoms. The topological polar surface area (TPSA) is 89.0 Å². The Hall–Kier alpha value is -2.69. The molecule has 0 aliphatic carbocycles. The lowest BCUT2D eigenvalue weighted by atomic mass is 10.3. The maximum atomic E-state index is 13.1. The van der Waals surface area contributed by atoms with Crippen LogP contribution in [0.15, 0.2) is 47.4 Å². The lowest BCUT2D eigenvalue weighted by Crippen LogP contribution is -2.37. The van der Waals surface area contributed by atoms with Gasteiger partial charge in [-0.05, 0) is 56.6 Å². The van der Waals surface area contributed by atoms with E-state index in [1.807, 2.05) is 37.2 Å². The molecule has 0 fully saturated rings. The molecule has 8 nitrogen and oxygen atoms in total. The Balaban J connectivity index is 1.79. The van der Waals surface area contributed by atoms with E-state index < -0.39 is 9.84 Å². The molecule has 3 aromatic rings. The van der Waals surface area contributed by atoms with Crippen LogP contribution in [0.4, 0.5) is 5.13 Å². The quantitative estimate of drug-likeness (QED) is 0.443. The Morgan fingerprint density at radius 1 is 1.00 bits per heavy atom. The molecule has 0 aliphatic heterocycles. The van der Waals surface area contributed by atoms with E-state index >= 15 is 0 Å². The second-order valence-electron chi connectivity index (χ2n) is 7.42. The Morgan fingerprint density at radius 3 is 2.28 bits per heavy atom. The zero-order valence-electron chi connectivity index (χ0n) is 18.6. The van der Waals surface area contributed by atoms with Gasteiger partial charge in [-0.15, -0.1) is 0 Å². The molecule has 0 radical (unpaired) electrons. The number of carbonyl (C=O) groups is 1. The summed E-state index contributed by atoms with van der Waals surface area (Å²) in [5.41, 5.74) is 0.763. The summed E-state index contributed by atoms with van der Waals surface area (Å²) in [6.07, 6.45) is -0.138. The highest BCUT2D eigenvalue weighted by molar-refractivity contribution is 7.91. The van der Waals surface area contributed by atoms with Crippen molar-refractivity contribution in [2.75, 3.05) is 52.1 Å². The molecule has 0 spiro atoms. The first-order valence-corrected chi connectivity index (χ1v) is 12.5. The molecule has 0 bridgehead atoms. The van der Waals surface area contributed by atoms with E-state index in [1.54, 1.807) is 24.1 Å². The molecule has 1 heterocycles. The van der Waals surface area contributed by atoms with Crippen molar-refractivity contribution in [2.24, 2.45) is 0 Å². The van der Waals surface area contributed by atoms with Crippen LogP contribution >= 0.6 is 11.3 Å². The van der Waals surface area contributed by atoms with E-state index in [-0.39, 0.29) is 23.0 Å². The molecule has 0 aliphatic rings. The van der Waals surface area contributed by atoms with Gasteiger partial charge < -0.3 is 14.4 Å². The minimum Gasteiger partial charge on any atom is -0.497 e. The second kappa shape index (κ2) is 10.3. The molecule has 0 atom stereocenters. The maximum Gasteiger partial charge on any atom is 0.229 e. The number of amides is 1. The summed E-state index contributed by atoms with van der Waals surface area (Å²) in [5, 5.41) is 0.543. The summed E-state index contributed by atoms with van der Waals surface area (Å²) in [4.78, 5) is 21.4. The Bertz CT molecular complexity index is 1170. The third-order valence-corrected chi connectivity index (χ3v) is 7.66. The summed E-state index contributed by atoms with van der Waals surface area (Å²) in [6, 6.07) is 11.7. The monoisotopic (exact) mass is 477 g/mol. The number of ether oxygens (including phenoxy) is 2. The molecule has 0 N–H and O–H groups in total. The summed E-state index contributed by atoms with van der Waals surface area (Å²) in [5.74, 6) is 0.719. The van der Waals surface area contributed by atoms with E-state index in [0.29, 0.717) is 29.7 Å². The summed E-state index contributed by atoms with van der Waals surface area (Å²) in [6.45, 7) is 1.03. The summed E-state index contributed by atoms with van der Waals surface area (Å²) in [7, 11) is 3.34. The largest absolute Gasteiger partial charge is 0.497 e. The van der Waals surface area contributed by atoms with E-state index in [2.05, 4.69) is 4.98 Å². The number of fused-ring (bicyclic) bond motifs is 1. The van der Waals surface area contributed by atoms with Crippen LogP contribution in [0.2, 0.25) is 0 Å². The van der Waals surface area contributed by atoms with Crippen LogP contribution in [0.3, 0.4) is 0 Å². The lowest BCUT2D eigenvalue weighted by molar-refractivity contribution is -0.118. The first-order chi connectivity index (χ1) is 15.2. The molecule has 32 heavy (non-hydrogen) atoms. The number of rotatable bonds is 10. The van der Waals surface area contributed by atoms with Crippen LogP contribution in [0, 0.1) is 0 Å². The van der Waals surface area contributed by atoms with Gasteiger partial charge in [-0.3, -0.25) is 9.69 Å². The van der Waals surface area contributed by atoms with E-state index in [0.717, 1.165) is 10.2 Å². The Morgan fingerprint density at radius 2 is 1.66 bits per heavy atom. The fourth-order valence-corrected chi connectivity index (χ4v) is 5.29. The van der Waals surface area contributed by atoms with Crippen molar-refractivity contribution in [3.05, 3.63) is 42.5 Å². The number of thiazole rings is 1. The van der Waals surface area contributed by atoms with Gasteiger partial charge in [0.2, 0.25) is 5.91 Å². The Kier molecular flexibility index (Phi) is 7.70. The lowest BCUT2D eigenvalue weighted by Gasteiger charge is -2.22. The van der Waals surface area contributed by atoms with Crippen LogP contribution < -0.4 is 14.4 Å². The van der Waals surface area contributed by atoms with Gasteiger partial charge in [0.15, 0.2) is 15.0 Å². The van der Waals surface area contributed by atoms with Crippen LogP contribution in [-0.2, 0) is 14.6 Å². The number of nitrogens with zero attached hydrogens (tertiary/aromatic N) is 3. The molecule has 0 saturated heterocycles.